The number of nitrogens with one attached hydrogen (secondary N) is 1. The van der Waals surface area contributed by atoms with Gasteiger partial charge in [-0.1, -0.05) is 30.7 Å². The number of fused-ring (bicyclic) bond motifs is 1. The van der Waals surface area contributed by atoms with Crippen molar-refractivity contribution in [3.05, 3.63) is 35.4 Å². The Hall–Kier alpha value is -0.860. The highest BCUT2D eigenvalue weighted by molar-refractivity contribution is 5.29. The Labute approximate surface area is 129 Å². The summed E-state index contributed by atoms with van der Waals surface area (Å²) in [5.41, 5.74) is 3.16. The SMILES string of the molecule is CC(CN1CCCCC1)NCC1CCc2ccccc2C1. The maximum atomic E-state index is 3.79. The second-order valence-corrected chi connectivity index (χ2v) is 7.05. The number of hydrogen-bond donors (Lipinski definition) is 1. The number of aryl methyl sites for hydroxylation is 1. The number of piperidine rings is 1. The summed E-state index contributed by atoms with van der Waals surface area (Å²) in [7, 11) is 0. The Morgan fingerprint density at radius 3 is 2.71 bits per heavy atom. The largest absolute Gasteiger partial charge is 0.313 e. The minimum Gasteiger partial charge on any atom is -0.313 e. The van der Waals surface area contributed by atoms with Gasteiger partial charge in [0.25, 0.3) is 0 Å². The summed E-state index contributed by atoms with van der Waals surface area (Å²) < 4.78 is 0. The van der Waals surface area contributed by atoms with Crippen LogP contribution in [0.3, 0.4) is 0 Å². The van der Waals surface area contributed by atoms with E-state index >= 15 is 0 Å². The lowest BCUT2D eigenvalue weighted by Gasteiger charge is -2.31. The third kappa shape index (κ3) is 4.31. The first-order valence-corrected chi connectivity index (χ1v) is 8.84. The smallest absolute Gasteiger partial charge is 0.0166 e. The zero-order valence-electron chi connectivity index (χ0n) is 13.5. The molecule has 3 rings (SSSR count). The van der Waals surface area contributed by atoms with Crippen molar-refractivity contribution in [3.63, 3.8) is 0 Å². The van der Waals surface area contributed by atoms with Crippen LogP contribution in [0.5, 0.6) is 0 Å². The predicted molar refractivity (Wildman–Crippen MR) is 89.7 cm³/mol. The third-order valence-electron chi connectivity index (χ3n) is 5.18. The van der Waals surface area contributed by atoms with E-state index in [1.54, 1.807) is 11.1 Å². The summed E-state index contributed by atoms with van der Waals surface area (Å²) >= 11 is 0. The first kappa shape index (κ1) is 15.1. The summed E-state index contributed by atoms with van der Waals surface area (Å²) in [6.45, 7) is 7.38. The molecule has 2 heteroatoms. The molecular weight excluding hydrogens is 256 g/mol. The fourth-order valence-electron chi connectivity index (χ4n) is 3.91. The Morgan fingerprint density at radius 1 is 1.14 bits per heavy atom. The molecule has 0 spiro atoms. The van der Waals surface area contributed by atoms with Crippen LogP contribution >= 0.6 is 0 Å². The molecule has 2 nitrogen and oxygen atoms in total. The predicted octanol–water partition coefficient (Wildman–Crippen LogP) is 3.26. The first-order valence-electron chi connectivity index (χ1n) is 8.84. The van der Waals surface area contributed by atoms with Crippen molar-refractivity contribution in [2.45, 2.75) is 51.5 Å². The fourth-order valence-corrected chi connectivity index (χ4v) is 3.91. The molecule has 0 saturated carbocycles. The molecule has 2 unspecified atom stereocenters. The van der Waals surface area contributed by atoms with Crippen LogP contribution < -0.4 is 5.32 Å². The first-order chi connectivity index (χ1) is 10.3. The van der Waals surface area contributed by atoms with Crippen molar-refractivity contribution in [3.8, 4) is 0 Å². The summed E-state index contributed by atoms with van der Waals surface area (Å²) in [5, 5.41) is 3.79. The fraction of sp³-hybridized carbons (Fsp3) is 0.684. The van der Waals surface area contributed by atoms with E-state index in [1.165, 1.54) is 64.7 Å². The van der Waals surface area contributed by atoms with E-state index in [9.17, 15) is 0 Å². The monoisotopic (exact) mass is 286 g/mol. The summed E-state index contributed by atoms with van der Waals surface area (Å²) in [5.74, 6) is 0.823. The van der Waals surface area contributed by atoms with Crippen LogP contribution in [0.4, 0.5) is 0 Å². The van der Waals surface area contributed by atoms with Gasteiger partial charge < -0.3 is 10.2 Å². The summed E-state index contributed by atoms with van der Waals surface area (Å²) in [6, 6.07) is 9.61. The average Bonchev–Trinajstić information content (AvgIpc) is 2.54. The summed E-state index contributed by atoms with van der Waals surface area (Å²) in [4.78, 5) is 2.64. The molecule has 1 aromatic carbocycles. The minimum atomic E-state index is 0.625. The molecule has 1 aromatic rings. The van der Waals surface area contributed by atoms with E-state index in [0.29, 0.717) is 6.04 Å². The van der Waals surface area contributed by atoms with Crippen LogP contribution in [0.15, 0.2) is 24.3 Å². The van der Waals surface area contributed by atoms with Gasteiger partial charge in [0.1, 0.15) is 0 Å². The van der Waals surface area contributed by atoms with Crippen LogP contribution in [0.2, 0.25) is 0 Å². The second-order valence-electron chi connectivity index (χ2n) is 7.05. The van der Waals surface area contributed by atoms with Crippen molar-refractivity contribution >= 4 is 0 Å². The Kier molecular flexibility index (Phi) is 5.32. The van der Waals surface area contributed by atoms with Crippen LogP contribution in [0.1, 0.15) is 43.7 Å². The third-order valence-corrected chi connectivity index (χ3v) is 5.18. The molecule has 0 radical (unpaired) electrons. The van der Waals surface area contributed by atoms with E-state index in [-0.39, 0.29) is 0 Å². The number of hydrogen-bond acceptors (Lipinski definition) is 2. The van der Waals surface area contributed by atoms with Gasteiger partial charge in [-0.3, -0.25) is 0 Å². The van der Waals surface area contributed by atoms with Gasteiger partial charge in [-0.2, -0.15) is 0 Å². The molecular formula is C19H30N2. The van der Waals surface area contributed by atoms with E-state index < -0.39 is 0 Å². The van der Waals surface area contributed by atoms with Gasteiger partial charge in [0.2, 0.25) is 0 Å². The molecule has 116 valence electrons. The van der Waals surface area contributed by atoms with Gasteiger partial charge in [-0.15, -0.1) is 0 Å². The molecule has 1 N–H and O–H groups in total. The van der Waals surface area contributed by atoms with E-state index in [2.05, 4.69) is 41.4 Å². The molecule has 1 aliphatic heterocycles. The van der Waals surface area contributed by atoms with Crippen molar-refractivity contribution in [1.29, 1.82) is 0 Å². The normalized spacial score (nSPS) is 24.5. The molecule has 0 bridgehead atoms. The van der Waals surface area contributed by atoms with Crippen molar-refractivity contribution in [1.82, 2.24) is 10.2 Å². The van der Waals surface area contributed by atoms with E-state index in [1.807, 2.05) is 0 Å². The Morgan fingerprint density at radius 2 is 1.90 bits per heavy atom. The lowest BCUT2D eigenvalue weighted by molar-refractivity contribution is 0.206. The number of benzene rings is 1. The topological polar surface area (TPSA) is 15.3 Å². The molecule has 2 aliphatic rings. The zero-order valence-corrected chi connectivity index (χ0v) is 13.5. The standard InChI is InChI=1S/C19H30N2/c1-16(15-21-11-5-2-6-12-21)20-14-17-9-10-18-7-3-4-8-19(18)13-17/h3-4,7-8,16-17,20H,2,5-6,9-15H2,1H3. The van der Waals surface area contributed by atoms with Gasteiger partial charge >= 0.3 is 0 Å². The molecule has 1 heterocycles. The quantitative estimate of drug-likeness (QED) is 0.894. The van der Waals surface area contributed by atoms with E-state index in [4.69, 9.17) is 0 Å². The van der Waals surface area contributed by atoms with Gasteiger partial charge in [-0.05, 0) is 75.7 Å². The van der Waals surface area contributed by atoms with Gasteiger partial charge in [-0.25, -0.2) is 0 Å². The van der Waals surface area contributed by atoms with Crippen molar-refractivity contribution in [2.24, 2.45) is 5.92 Å². The van der Waals surface area contributed by atoms with Crippen LogP contribution in [-0.4, -0.2) is 37.1 Å². The highest BCUT2D eigenvalue weighted by Crippen LogP contribution is 2.24. The van der Waals surface area contributed by atoms with Gasteiger partial charge in [0, 0.05) is 12.6 Å². The zero-order chi connectivity index (χ0) is 14.5. The number of rotatable bonds is 5. The van der Waals surface area contributed by atoms with Crippen LogP contribution in [-0.2, 0) is 12.8 Å². The van der Waals surface area contributed by atoms with Crippen LogP contribution in [0.25, 0.3) is 0 Å². The average molecular weight is 286 g/mol. The second kappa shape index (κ2) is 7.42. The Balaban J connectivity index is 1.41. The molecule has 21 heavy (non-hydrogen) atoms. The number of nitrogens with zero attached hydrogens (tertiary/aromatic N) is 1. The minimum absolute atomic E-state index is 0.625. The van der Waals surface area contributed by atoms with E-state index in [0.717, 1.165) is 5.92 Å². The van der Waals surface area contributed by atoms with Crippen molar-refractivity contribution in [2.75, 3.05) is 26.2 Å². The Bertz CT molecular complexity index is 437. The summed E-state index contributed by atoms with van der Waals surface area (Å²) in [6.07, 6.45) is 8.10. The lowest BCUT2D eigenvalue weighted by atomic mass is 9.84. The lowest BCUT2D eigenvalue weighted by Crippen LogP contribution is -2.43. The van der Waals surface area contributed by atoms with Gasteiger partial charge in [0.05, 0.1) is 0 Å². The highest BCUT2D eigenvalue weighted by Gasteiger charge is 2.19. The number of likely N-dealkylation sites (tertiary alicyclic amines) is 1. The van der Waals surface area contributed by atoms with Crippen molar-refractivity contribution < 1.29 is 0 Å². The van der Waals surface area contributed by atoms with Gasteiger partial charge in [0.15, 0.2) is 0 Å². The molecule has 0 amide bonds. The maximum Gasteiger partial charge on any atom is 0.0166 e. The van der Waals surface area contributed by atoms with Crippen LogP contribution in [0, 0.1) is 5.92 Å². The highest BCUT2D eigenvalue weighted by atomic mass is 15.1. The molecule has 0 aromatic heterocycles. The molecule has 1 fully saturated rings. The molecule has 1 aliphatic carbocycles. The molecule has 2 atom stereocenters. The molecule has 1 saturated heterocycles. The maximum absolute atomic E-state index is 3.79.